The Morgan fingerprint density at radius 2 is 1.77 bits per heavy atom. The summed E-state index contributed by atoms with van der Waals surface area (Å²) in [6.45, 7) is 6.79. The van der Waals surface area contributed by atoms with Crippen molar-refractivity contribution < 1.29 is 13.2 Å². The monoisotopic (exact) mass is 468 g/mol. The minimum absolute atomic E-state index is 0.0847. The first-order valence-electron chi connectivity index (χ1n) is 9.72. The van der Waals surface area contributed by atoms with Crippen LogP contribution in [-0.4, -0.2) is 47.4 Å². The van der Waals surface area contributed by atoms with E-state index in [0.717, 1.165) is 36.2 Å². The van der Waals surface area contributed by atoms with Crippen LogP contribution in [0.15, 0.2) is 28.3 Å². The Morgan fingerprint density at radius 3 is 2.40 bits per heavy atom. The van der Waals surface area contributed by atoms with E-state index < -0.39 is 10.0 Å². The SMILES string of the molecule is Cc1nc(SCC(=O)Nc2cc(S(=O)(=O)N3CCCCC3)ccc2Cl)nc(C)c1C. The molecule has 0 spiro atoms. The van der Waals surface area contributed by atoms with Gasteiger partial charge in [0.15, 0.2) is 5.16 Å². The number of amides is 1. The molecule has 2 aromatic rings. The number of hydrogen-bond donors (Lipinski definition) is 1. The lowest BCUT2D eigenvalue weighted by Crippen LogP contribution is -2.35. The standard InChI is InChI=1S/C20H25ClN4O3S2/c1-13-14(2)22-20(23-15(13)3)29-12-19(26)24-18-11-16(7-8-17(18)21)30(27,28)25-9-5-4-6-10-25/h7-8,11H,4-6,9-10,12H2,1-3H3,(H,24,26). The molecular weight excluding hydrogens is 444 g/mol. The number of carbonyl (C=O) groups excluding carboxylic acids is 1. The number of carbonyl (C=O) groups is 1. The van der Waals surface area contributed by atoms with E-state index in [-0.39, 0.29) is 27.3 Å². The molecule has 0 aliphatic carbocycles. The summed E-state index contributed by atoms with van der Waals surface area (Å²) in [6, 6.07) is 4.39. The number of hydrogen-bond acceptors (Lipinski definition) is 6. The van der Waals surface area contributed by atoms with Crippen LogP contribution >= 0.6 is 23.4 Å². The van der Waals surface area contributed by atoms with Crippen LogP contribution < -0.4 is 5.32 Å². The molecule has 0 unspecified atom stereocenters. The molecule has 1 aromatic carbocycles. The van der Waals surface area contributed by atoms with Crippen LogP contribution in [0.4, 0.5) is 5.69 Å². The molecule has 1 N–H and O–H groups in total. The number of nitrogens with zero attached hydrogens (tertiary/aromatic N) is 3. The number of aromatic nitrogens is 2. The number of nitrogens with one attached hydrogen (secondary N) is 1. The van der Waals surface area contributed by atoms with Crippen molar-refractivity contribution in [1.82, 2.24) is 14.3 Å². The van der Waals surface area contributed by atoms with Gasteiger partial charge in [-0.1, -0.05) is 29.8 Å². The maximum Gasteiger partial charge on any atom is 0.243 e. The predicted molar refractivity (Wildman–Crippen MR) is 120 cm³/mol. The first kappa shape index (κ1) is 23.0. The molecule has 1 aromatic heterocycles. The van der Waals surface area contributed by atoms with Gasteiger partial charge in [0.25, 0.3) is 0 Å². The molecule has 3 rings (SSSR count). The van der Waals surface area contributed by atoms with Gasteiger partial charge in [0.1, 0.15) is 0 Å². The van der Waals surface area contributed by atoms with Crippen molar-refractivity contribution in [2.75, 3.05) is 24.2 Å². The second kappa shape index (κ2) is 9.64. The van der Waals surface area contributed by atoms with E-state index in [1.807, 2.05) is 20.8 Å². The topological polar surface area (TPSA) is 92.3 Å². The van der Waals surface area contributed by atoms with Gasteiger partial charge in [0, 0.05) is 24.5 Å². The third-order valence-electron chi connectivity index (χ3n) is 5.11. The van der Waals surface area contributed by atoms with E-state index in [9.17, 15) is 13.2 Å². The van der Waals surface area contributed by atoms with Crippen LogP contribution in [-0.2, 0) is 14.8 Å². The van der Waals surface area contributed by atoms with Crippen LogP contribution in [0.1, 0.15) is 36.2 Å². The summed E-state index contributed by atoms with van der Waals surface area (Å²) in [4.78, 5) is 21.3. The molecule has 162 valence electrons. The molecule has 1 amide bonds. The summed E-state index contributed by atoms with van der Waals surface area (Å²) in [5.74, 6) is -0.227. The van der Waals surface area contributed by atoms with Gasteiger partial charge in [-0.15, -0.1) is 0 Å². The van der Waals surface area contributed by atoms with Crippen molar-refractivity contribution in [3.8, 4) is 0 Å². The Kier molecular flexibility index (Phi) is 7.38. The van der Waals surface area contributed by atoms with Crippen LogP contribution in [0.3, 0.4) is 0 Å². The van der Waals surface area contributed by atoms with Gasteiger partial charge in [-0.3, -0.25) is 4.79 Å². The van der Waals surface area contributed by atoms with E-state index in [2.05, 4.69) is 15.3 Å². The molecule has 1 fully saturated rings. The van der Waals surface area contributed by atoms with Gasteiger partial charge in [0.05, 0.1) is 21.4 Å². The number of sulfonamides is 1. The molecule has 0 atom stereocenters. The lowest BCUT2D eigenvalue weighted by atomic mass is 10.2. The molecule has 2 heterocycles. The van der Waals surface area contributed by atoms with Crippen LogP contribution in [0.25, 0.3) is 0 Å². The quantitative estimate of drug-likeness (QED) is 0.509. The average Bonchev–Trinajstić information content (AvgIpc) is 2.72. The van der Waals surface area contributed by atoms with Gasteiger partial charge in [-0.2, -0.15) is 4.31 Å². The highest BCUT2D eigenvalue weighted by Crippen LogP contribution is 2.28. The fourth-order valence-corrected chi connectivity index (χ4v) is 5.58. The van der Waals surface area contributed by atoms with E-state index in [1.54, 1.807) is 0 Å². The van der Waals surface area contributed by atoms with Crippen molar-refractivity contribution in [3.63, 3.8) is 0 Å². The van der Waals surface area contributed by atoms with E-state index in [0.29, 0.717) is 18.2 Å². The molecule has 30 heavy (non-hydrogen) atoms. The zero-order chi connectivity index (χ0) is 21.9. The fourth-order valence-electron chi connectivity index (χ4n) is 3.14. The van der Waals surface area contributed by atoms with Gasteiger partial charge in [-0.25, -0.2) is 18.4 Å². The van der Waals surface area contributed by atoms with Crippen molar-refractivity contribution in [2.45, 2.75) is 50.1 Å². The molecule has 1 aliphatic rings. The number of halogens is 1. The second-order valence-corrected chi connectivity index (χ2v) is 10.5. The minimum atomic E-state index is -3.61. The smallest absolute Gasteiger partial charge is 0.243 e. The van der Waals surface area contributed by atoms with Crippen molar-refractivity contribution >= 4 is 45.0 Å². The Morgan fingerprint density at radius 1 is 1.13 bits per heavy atom. The Bertz CT molecular complexity index is 1030. The summed E-state index contributed by atoms with van der Waals surface area (Å²) in [5.41, 5.74) is 3.06. The normalized spacial score (nSPS) is 15.2. The van der Waals surface area contributed by atoms with Crippen molar-refractivity contribution in [1.29, 1.82) is 0 Å². The lowest BCUT2D eigenvalue weighted by molar-refractivity contribution is -0.113. The largest absolute Gasteiger partial charge is 0.324 e. The van der Waals surface area contributed by atoms with Gasteiger partial charge in [0.2, 0.25) is 15.9 Å². The molecule has 10 heteroatoms. The zero-order valence-electron chi connectivity index (χ0n) is 17.2. The van der Waals surface area contributed by atoms with Crippen molar-refractivity contribution in [3.05, 3.63) is 40.2 Å². The Hall–Kier alpha value is -1.68. The highest BCUT2D eigenvalue weighted by molar-refractivity contribution is 7.99. The molecule has 1 aliphatic heterocycles. The van der Waals surface area contributed by atoms with Crippen LogP contribution in [0, 0.1) is 20.8 Å². The van der Waals surface area contributed by atoms with Gasteiger partial charge < -0.3 is 5.32 Å². The van der Waals surface area contributed by atoms with Crippen LogP contribution in [0.2, 0.25) is 5.02 Å². The number of anilines is 1. The molecule has 0 bridgehead atoms. The molecule has 7 nitrogen and oxygen atoms in total. The Balaban J connectivity index is 1.70. The lowest BCUT2D eigenvalue weighted by Gasteiger charge is -2.26. The maximum absolute atomic E-state index is 12.9. The maximum atomic E-state index is 12.9. The van der Waals surface area contributed by atoms with Gasteiger partial charge in [-0.05, 0) is 57.4 Å². The third-order valence-corrected chi connectivity index (χ3v) is 8.18. The predicted octanol–water partition coefficient (Wildman–Crippen LogP) is 3.96. The average molecular weight is 469 g/mol. The zero-order valence-corrected chi connectivity index (χ0v) is 19.6. The number of aryl methyl sites for hydroxylation is 2. The van der Waals surface area contributed by atoms with E-state index in [1.165, 1.54) is 34.3 Å². The Labute approximate surface area is 186 Å². The highest BCUT2D eigenvalue weighted by Gasteiger charge is 2.26. The molecular formula is C20H25ClN4O3S2. The number of piperidine rings is 1. The highest BCUT2D eigenvalue weighted by atomic mass is 35.5. The summed E-state index contributed by atoms with van der Waals surface area (Å²) in [6.07, 6.45) is 2.75. The third kappa shape index (κ3) is 5.32. The molecule has 0 radical (unpaired) electrons. The summed E-state index contributed by atoms with van der Waals surface area (Å²) in [7, 11) is -3.61. The first-order valence-corrected chi connectivity index (χ1v) is 12.5. The van der Waals surface area contributed by atoms with E-state index in [4.69, 9.17) is 11.6 Å². The molecule has 0 saturated carbocycles. The number of benzene rings is 1. The summed E-state index contributed by atoms with van der Waals surface area (Å²) < 4.78 is 27.3. The van der Waals surface area contributed by atoms with Crippen LogP contribution in [0.5, 0.6) is 0 Å². The van der Waals surface area contributed by atoms with E-state index >= 15 is 0 Å². The first-order chi connectivity index (χ1) is 14.2. The van der Waals surface area contributed by atoms with Gasteiger partial charge >= 0.3 is 0 Å². The fraction of sp³-hybridized carbons (Fsp3) is 0.450. The summed E-state index contributed by atoms with van der Waals surface area (Å²) >= 11 is 7.42. The number of rotatable bonds is 6. The molecule has 1 saturated heterocycles. The number of thioether (sulfide) groups is 1. The van der Waals surface area contributed by atoms with Crippen molar-refractivity contribution in [2.24, 2.45) is 0 Å². The minimum Gasteiger partial charge on any atom is -0.324 e. The second-order valence-electron chi connectivity index (χ2n) is 7.25. The summed E-state index contributed by atoms with van der Waals surface area (Å²) in [5, 5.41) is 3.51.